The van der Waals surface area contributed by atoms with Gasteiger partial charge < -0.3 is 0 Å². The monoisotopic (exact) mass is 422 g/mol. The second-order valence-corrected chi connectivity index (χ2v) is 24.0. The zero-order valence-electron chi connectivity index (χ0n) is 16.3. The molecular weight excluding hydrogens is 393 g/mol. The molecule has 2 aromatic rings. The van der Waals surface area contributed by atoms with Crippen molar-refractivity contribution in [1.82, 2.24) is 0 Å². The maximum Gasteiger partial charge on any atom is 0.0552 e. The molecule has 5 heteroatoms. The Hall–Kier alpha value is -0.0762. The van der Waals surface area contributed by atoms with Gasteiger partial charge in [0.2, 0.25) is 0 Å². The molecule has 2 rings (SSSR count). The van der Waals surface area contributed by atoms with Crippen molar-refractivity contribution in [1.29, 1.82) is 0 Å². The Morgan fingerprint density at radius 3 is 1.08 bits per heavy atom. The summed E-state index contributed by atoms with van der Waals surface area (Å²) in [5.74, 6) is 0. The molecular formula is C20H30S3Si2. The van der Waals surface area contributed by atoms with E-state index in [4.69, 9.17) is 0 Å². The highest BCUT2D eigenvalue weighted by atomic mass is 32.2. The van der Waals surface area contributed by atoms with E-state index in [0.717, 1.165) is 0 Å². The minimum Gasteiger partial charge on any atom is -0.129 e. The fourth-order valence-electron chi connectivity index (χ4n) is 1.94. The van der Waals surface area contributed by atoms with Crippen molar-refractivity contribution < 1.29 is 0 Å². The Morgan fingerprint density at radius 1 is 0.520 bits per heavy atom. The van der Waals surface area contributed by atoms with Crippen LogP contribution in [0.4, 0.5) is 0 Å². The third-order valence-electron chi connectivity index (χ3n) is 3.23. The van der Waals surface area contributed by atoms with Crippen molar-refractivity contribution in [2.24, 2.45) is 0 Å². The summed E-state index contributed by atoms with van der Waals surface area (Å²) in [4.78, 5) is 5.43. The molecule has 136 valence electrons. The quantitative estimate of drug-likeness (QED) is 0.315. The third-order valence-corrected chi connectivity index (χ3v) is 13.5. The number of hydrogen-bond donors (Lipinski definition) is 0. The van der Waals surface area contributed by atoms with E-state index in [9.17, 15) is 0 Å². The Bertz CT molecular complexity index is 594. The first-order valence-corrected chi connectivity index (χ1v) is 18.9. The number of thioether (sulfide) groups is 2. The van der Waals surface area contributed by atoms with Crippen molar-refractivity contribution in [3.8, 4) is 0 Å². The van der Waals surface area contributed by atoms with E-state index in [1.807, 2.05) is 35.3 Å². The highest BCUT2D eigenvalue weighted by Gasteiger charge is 2.14. The van der Waals surface area contributed by atoms with Crippen molar-refractivity contribution in [3.05, 3.63) is 48.5 Å². The van der Waals surface area contributed by atoms with Crippen molar-refractivity contribution >= 4 is 51.4 Å². The molecule has 0 radical (unpaired) electrons. The van der Waals surface area contributed by atoms with Gasteiger partial charge in [-0.05, 0) is 59.3 Å². The highest BCUT2D eigenvalue weighted by Crippen LogP contribution is 2.32. The lowest BCUT2D eigenvalue weighted by molar-refractivity contribution is 1.32. The first-order chi connectivity index (χ1) is 11.6. The van der Waals surface area contributed by atoms with E-state index in [0.29, 0.717) is 0 Å². The molecule has 25 heavy (non-hydrogen) atoms. The molecule has 0 aliphatic heterocycles. The number of benzene rings is 2. The molecule has 0 N–H and O–H groups in total. The number of rotatable bonds is 8. The van der Waals surface area contributed by atoms with Crippen LogP contribution in [0.3, 0.4) is 0 Å². The van der Waals surface area contributed by atoms with Crippen LogP contribution in [0, 0.1) is 0 Å². The van der Waals surface area contributed by atoms with Crippen LogP contribution in [0.5, 0.6) is 0 Å². The molecule has 0 fully saturated rings. The van der Waals surface area contributed by atoms with Gasteiger partial charge in [-0.1, -0.05) is 51.0 Å². The fraction of sp³-hybridized carbons (Fsp3) is 0.400. The summed E-state index contributed by atoms with van der Waals surface area (Å²) in [5, 5.41) is 2.58. The van der Waals surface area contributed by atoms with Crippen molar-refractivity contribution in [2.45, 2.75) is 58.9 Å². The molecule has 0 saturated carbocycles. The molecule has 0 nitrogen and oxygen atoms in total. The second kappa shape index (κ2) is 9.22. The van der Waals surface area contributed by atoms with Gasteiger partial charge in [-0.25, -0.2) is 0 Å². The van der Waals surface area contributed by atoms with Crippen LogP contribution < -0.4 is 0 Å². The van der Waals surface area contributed by atoms with E-state index in [1.54, 1.807) is 0 Å². The zero-order valence-corrected chi connectivity index (χ0v) is 20.7. The summed E-state index contributed by atoms with van der Waals surface area (Å²) < 4.78 is 0. The van der Waals surface area contributed by atoms with E-state index in [2.05, 4.69) is 87.8 Å². The average molecular weight is 423 g/mol. The molecule has 0 atom stereocenters. The zero-order chi connectivity index (χ0) is 18.5. The van der Waals surface area contributed by atoms with Crippen LogP contribution in [-0.4, -0.2) is 26.9 Å². The van der Waals surface area contributed by atoms with E-state index in [1.165, 1.54) is 30.3 Å². The minimum absolute atomic E-state index is 0.981. The molecule has 0 bridgehead atoms. The van der Waals surface area contributed by atoms with Crippen LogP contribution in [0.15, 0.2) is 68.1 Å². The van der Waals surface area contributed by atoms with Crippen molar-refractivity contribution in [3.63, 3.8) is 0 Å². The average Bonchev–Trinajstić information content (AvgIpc) is 2.52. The fourth-order valence-corrected chi connectivity index (χ4v) is 8.21. The number of hydrogen-bond acceptors (Lipinski definition) is 3. The Morgan fingerprint density at radius 2 is 0.800 bits per heavy atom. The van der Waals surface area contributed by atoms with Crippen LogP contribution in [-0.2, 0) is 0 Å². The van der Waals surface area contributed by atoms with Gasteiger partial charge in [0, 0.05) is 19.6 Å². The smallest absolute Gasteiger partial charge is 0.0552 e. The van der Waals surface area contributed by atoms with Crippen LogP contribution in [0.2, 0.25) is 39.3 Å². The van der Waals surface area contributed by atoms with Crippen LogP contribution in [0.25, 0.3) is 0 Å². The molecule has 0 unspecified atom stereocenters. The van der Waals surface area contributed by atoms with E-state index >= 15 is 0 Å². The Balaban J connectivity index is 1.89. The minimum atomic E-state index is -0.981. The third kappa shape index (κ3) is 8.91. The summed E-state index contributed by atoms with van der Waals surface area (Å²) in [6.45, 7) is 14.6. The van der Waals surface area contributed by atoms with E-state index < -0.39 is 16.1 Å². The van der Waals surface area contributed by atoms with Crippen LogP contribution in [0.1, 0.15) is 0 Å². The Kier molecular flexibility index (Phi) is 7.83. The van der Waals surface area contributed by atoms with Gasteiger partial charge in [-0.15, -0.1) is 23.5 Å². The first-order valence-electron chi connectivity index (χ1n) is 8.74. The first kappa shape index (κ1) is 21.2. The molecule has 2 aromatic carbocycles. The second-order valence-electron chi connectivity index (χ2n) is 8.74. The molecule has 0 aliphatic carbocycles. The van der Waals surface area contributed by atoms with Crippen molar-refractivity contribution in [2.75, 3.05) is 10.8 Å². The summed E-state index contributed by atoms with van der Waals surface area (Å²) in [6, 6.07) is 18.1. The van der Waals surface area contributed by atoms with Gasteiger partial charge in [-0.2, -0.15) is 0 Å². The Labute approximate surface area is 169 Å². The van der Waals surface area contributed by atoms with Gasteiger partial charge in [0.05, 0.1) is 16.1 Å². The standard InChI is InChI=1S/C20H30S3Si2/c1-24(2,3)15-21-17-7-11-19(12-8-17)23-20-13-9-18(10-14-20)22-16-25(4,5)6/h7-14H,15-16H2,1-6H3. The van der Waals surface area contributed by atoms with Gasteiger partial charge in [0.15, 0.2) is 0 Å². The normalized spacial score (nSPS) is 12.4. The lowest BCUT2D eigenvalue weighted by Gasteiger charge is -2.15. The molecule has 0 spiro atoms. The van der Waals surface area contributed by atoms with Gasteiger partial charge in [0.25, 0.3) is 0 Å². The summed E-state index contributed by atoms with van der Waals surface area (Å²) >= 11 is 5.86. The SMILES string of the molecule is C[Si](C)(C)CSc1ccc(Sc2ccc(SC[Si](C)(C)C)cc2)cc1. The van der Waals surface area contributed by atoms with Gasteiger partial charge >= 0.3 is 0 Å². The van der Waals surface area contributed by atoms with Gasteiger partial charge in [0.1, 0.15) is 0 Å². The van der Waals surface area contributed by atoms with Crippen LogP contribution >= 0.6 is 35.3 Å². The van der Waals surface area contributed by atoms with E-state index in [-0.39, 0.29) is 0 Å². The maximum atomic E-state index is 2.43. The molecule has 0 aliphatic rings. The largest absolute Gasteiger partial charge is 0.129 e. The topological polar surface area (TPSA) is 0 Å². The highest BCUT2D eigenvalue weighted by molar-refractivity contribution is 8.01. The summed E-state index contributed by atoms with van der Waals surface area (Å²) in [6.07, 6.45) is 0. The predicted octanol–water partition coefficient (Wildman–Crippen LogP) is 7.78. The van der Waals surface area contributed by atoms with Gasteiger partial charge in [-0.3, -0.25) is 0 Å². The summed E-state index contributed by atoms with van der Waals surface area (Å²) in [7, 11) is -1.96. The molecule has 0 amide bonds. The lowest BCUT2D eigenvalue weighted by atomic mass is 10.4. The summed E-state index contributed by atoms with van der Waals surface area (Å²) in [5.41, 5.74) is 0. The molecule has 0 aromatic heterocycles. The maximum absolute atomic E-state index is 2.43. The lowest BCUT2D eigenvalue weighted by Crippen LogP contribution is -2.23. The predicted molar refractivity (Wildman–Crippen MR) is 125 cm³/mol. The molecule has 0 saturated heterocycles. The molecule has 0 heterocycles.